The smallest absolute Gasteiger partial charge is 0.341 e. The molecule has 0 unspecified atom stereocenters. The van der Waals surface area contributed by atoms with Crippen LogP contribution in [0.25, 0.3) is 0 Å². The Bertz CT molecular complexity index is 1170. The topological polar surface area (TPSA) is 163 Å². The third kappa shape index (κ3) is 2.33. The molecular formula is C28H38O10. The minimum atomic E-state index is -1.95. The quantitative estimate of drug-likeness (QED) is 0.267. The lowest BCUT2D eigenvalue weighted by Crippen LogP contribution is -2.81. The summed E-state index contributed by atoms with van der Waals surface area (Å²) in [5.41, 5.74) is -9.09. The zero-order valence-corrected chi connectivity index (χ0v) is 22.2. The van der Waals surface area contributed by atoms with Gasteiger partial charge in [0.15, 0.2) is 23.3 Å². The molecule has 0 aromatic rings. The summed E-state index contributed by atoms with van der Waals surface area (Å²) >= 11 is 0. The van der Waals surface area contributed by atoms with Gasteiger partial charge in [-0.15, -0.1) is 0 Å². The van der Waals surface area contributed by atoms with Crippen LogP contribution in [0.4, 0.5) is 0 Å². The van der Waals surface area contributed by atoms with Crippen molar-refractivity contribution < 1.29 is 49.3 Å². The molecule has 210 valence electrons. The van der Waals surface area contributed by atoms with Gasteiger partial charge in [0.1, 0.15) is 17.3 Å². The first-order valence-electron chi connectivity index (χ1n) is 13.8. The first kappa shape index (κ1) is 25.6. The van der Waals surface area contributed by atoms with Crippen molar-refractivity contribution in [1.82, 2.24) is 0 Å². The largest absolute Gasteiger partial charge is 0.454 e. The van der Waals surface area contributed by atoms with Crippen LogP contribution in [0.1, 0.15) is 59.8 Å². The summed E-state index contributed by atoms with van der Waals surface area (Å²) < 4.78 is 18.3. The number of ketones is 1. The van der Waals surface area contributed by atoms with Crippen LogP contribution < -0.4 is 0 Å². The van der Waals surface area contributed by atoms with E-state index in [2.05, 4.69) is 0 Å². The van der Waals surface area contributed by atoms with E-state index < -0.39 is 75.1 Å². The lowest BCUT2D eigenvalue weighted by molar-refractivity contribution is -0.438. The molecule has 3 aliphatic heterocycles. The molecule has 10 heteroatoms. The highest BCUT2D eigenvalue weighted by Crippen LogP contribution is 2.74. The molecule has 0 spiro atoms. The van der Waals surface area contributed by atoms with Gasteiger partial charge in [-0.1, -0.05) is 13.0 Å². The number of aliphatic hydroxyl groups is 5. The second-order valence-corrected chi connectivity index (χ2v) is 13.9. The van der Waals surface area contributed by atoms with E-state index in [1.54, 1.807) is 19.9 Å². The lowest BCUT2D eigenvalue weighted by Gasteiger charge is -2.70. The molecule has 38 heavy (non-hydrogen) atoms. The molecular weight excluding hydrogens is 496 g/mol. The van der Waals surface area contributed by atoms with Gasteiger partial charge in [0.2, 0.25) is 0 Å². The molecule has 7 rings (SSSR count). The van der Waals surface area contributed by atoms with Gasteiger partial charge in [-0.3, -0.25) is 4.79 Å². The summed E-state index contributed by atoms with van der Waals surface area (Å²) in [4.78, 5) is 26.1. The van der Waals surface area contributed by atoms with Gasteiger partial charge in [-0.05, 0) is 70.3 Å². The number of allylic oxidation sites excluding steroid dienone is 1. The first-order chi connectivity index (χ1) is 17.5. The highest BCUT2D eigenvalue weighted by atomic mass is 16.7. The van der Waals surface area contributed by atoms with E-state index in [1.807, 2.05) is 6.92 Å². The lowest BCUT2D eigenvalue weighted by atomic mass is 9.40. The summed E-state index contributed by atoms with van der Waals surface area (Å²) in [5.74, 6) is -4.82. The highest BCUT2D eigenvalue weighted by Gasteiger charge is 2.83. The van der Waals surface area contributed by atoms with E-state index in [1.165, 1.54) is 13.0 Å². The highest BCUT2D eigenvalue weighted by molar-refractivity contribution is 5.97. The van der Waals surface area contributed by atoms with Crippen molar-refractivity contribution in [2.24, 2.45) is 34.5 Å². The Balaban J connectivity index is 1.36. The number of hydrogen-bond acceptors (Lipinski definition) is 10. The molecule has 0 aromatic carbocycles. The Morgan fingerprint density at radius 2 is 1.68 bits per heavy atom. The maximum Gasteiger partial charge on any atom is 0.341 e. The van der Waals surface area contributed by atoms with Crippen molar-refractivity contribution in [2.45, 2.75) is 106 Å². The Morgan fingerprint density at radius 1 is 0.974 bits per heavy atom. The SMILES string of the molecule is C[C@]12[C@H]3CC[C@@]1(O)[C@@H]1CO[C@@]4(C)[C@H](OC(=O)[C@]4(C)O)[C@@H]1O[C@@]2(O)C[C@H]1[C@H]3C[C@@H](O)[C@@]2(O)CC=CC(=O)[C@]12C. The number of rotatable bonds is 0. The molecule has 6 fully saturated rings. The fraction of sp³-hybridized carbons (Fsp3) is 0.857. The maximum absolute atomic E-state index is 13.5. The van der Waals surface area contributed by atoms with Crippen molar-refractivity contribution in [1.29, 1.82) is 0 Å². The maximum atomic E-state index is 13.5. The second-order valence-electron chi connectivity index (χ2n) is 13.9. The molecule has 3 saturated carbocycles. The van der Waals surface area contributed by atoms with Crippen molar-refractivity contribution >= 4 is 11.8 Å². The fourth-order valence-corrected chi connectivity index (χ4v) is 10.3. The van der Waals surface area contributed by atoms with Gasteiger partial charge in [0.05, 0.1) is 29.1 Å². The third-order valence-electron chi connectivity index (χ3n) is 13.1. The van der Waals surface area contributed by atoms with Crippen LogP contribution in [-0.2, 0) is 23.8 Å². The van der Waals surface area contributed by atoms with Gasteiger partial charge in [-0.2, -0.15) is 0 Å². The number of ether oxygens (including phenoxy) is 3. The van der Waals surface area contributed by atoms with E-state index in [-0.39, 0.29) is 43.5 Å². The summed E-state index contributed by atoms with van der Waals surface area (Å²) in [6.07, 6.45) is 1.04. The third-order valence-corrected chi connectivity index (χ3v) is 13.1. The number of carbonyl (C=O) groups excluding carboxylic acids is 2. The van der Waals surface area contributed by atoms with Crippen LogP contribution in [0.3, 0.4) is 0 Å². The Hall–Kier alpha value is -1.40. The fourth-order valence-electron chi connectivity index (χ4n) is 10.3. The Kier molecular flexibility index (Phi) is 4.64. The minimum absolute atomic E-state index is 0.00316. The van der Waals surface area contributed by atoms with Crippen LogP contribution in [-0.4, -0.2) is 90.4 Å². The molecule has 14 atom stereocenters. The van der Waals surface area contributed by atoms with Crippen molar-refractivity contribution in [2.75, 3.05) is 6.61 Å². The Morgan fingerprint density at radius 3 is 2.39 bits per heavy atom. The molecule has 4 aliphatic carbocycles. The van der Waals surface area contributed by atoms with E-state index in [9.17, 15) is 35.1 Å². The predicted molar refractivity (Wildman–Crippen MR) is 128 cm³/mol. The Labute approximate surface area is 220 Å². The monoisotopic (exact) mass is 534 g/mol. The number of aliphatic hydroxyl groups excluding tert-OH is 1. The summed E-state index contributed by atoms with van der Waals surface area (Å²) in [5, 5.41) is 58.9. The number of carbonyl (C=O) groups is 2. The molecule has 7 aliphatic rings. The van der Waals surface area contributed by atoms with Crippen molar-refractivity contribution in [3.8, 4) is 0 Å². The average molecular weight is 535 g/mol. The van der Waals surface area contributed by atoms with Crippen LogP contribution in [0.15, 0.2) is 12.2 Å². The normalized spacial score (nSPS) is 64.3. The molecule has 3 saturated heterocycles. The second kappa shape index (κ2) is 6.90. The van der Waals surface area contributed by atoms with Crippen LogP contribution in [0.2, 0.25) is 0 Å². The summed E-state index contributed by atoms with van der Waals surface area (Å²) in [6.45, 7) is 6.41. The predicted octanol–water partition coefficient (Wildman–Crippen LogP) is -0.0302. The van der Waals surface area contributed by atoms with Crippen LogP contribution in [0.5, 0.6) is 0 Å². The van der Waals surface area contributed by atoms with E-state index >= 15 is 0 Å². The summed E-state index contributed by atoms with van der Waals surface area (Å²) in [6, 6.07) is 0. The average Bonchev–Trinajstić information content (AvgIpc) is 3.22. The van der Waals surface area contributed by atoms with Gasteiger partial charge in [-0.25, -0.2) is 4.79 Å². The van der Waals surface area contributed by atoms with Crippen molar-refractivity contribution in [3.05, 3.63) is 12.2 Å². The zero-order valence-electron chi connectivity index (χ0n) is 22.2. The van der Waals surface area contributed by atoms with Crippen LogP contribution in [0, 0.1) is 34.5 Å². The first-order valence-corrected chi connectivity index (χ1v) is 13.8. The van der Waals surface area contributed by atoms with Gasteiger partial charge >= 0.3 is 5.97 Å². The van der Waals surface area contributed by atoms with Crippen LogP contribution >= 0.6 is 0 Å². The number of esters is 1. The van der Waals surface area contributed by atoms with Gasteiger partial charge in [0.25, 0.3) is 0 Å². The van der Waals surface area contributed by atoms with E-state index in [0.29, 0.717) is 12.8 Å². The van der Waals surface area contributed by atoms with E-state index in [4.69, 9.17) is 14.2 Å². The number of fused-ring (bicyclic) bond motifs is 8. The van der Waals surface area contributed by atoms with Crippen molar-refractivity contribution in [3.63, 3.8) is 0 Å². The summed E-state index contributed by atoms with van der Waals surface area (Å²) in [7, 11) is 0. The molecule has 3 heterocycles. The van der Waals surface area contributed by atoms with E-state index in [0.717, 1.165) is 0 Å². The standard InChI is InChI=1S/C28H38O10/c1-22-15-11-28(35)23(2)14(13(15)10-18(30)27(22,34)8-5-6-17(22)29)7-9-26(23,33)16-12-36-25(4)20(19(16)38-28)37-21(31)24(25,3)32/h5-6,13-16,18-20,30,32-35H,7-12H2,1-4H3/t13-,14-,15-,16+,18+,19+,20+,22-,23-,24-,25-,26+,27-,28-/m0/s1. The molecule has 0 bridgehead atoms. The van der Waals surface area contributed by atoms with Gasteiger partial charge < -0.3 is 39.7 Å². The van der Waals surface area contributed by atoms with Gasteiger partial charge in [0, 0.05) is 12.3 Å². The molecule has 5 N–H and O–H groups in total. The molecule has 0 aromatic heterocycles. The molecule has 0 amide bonds. The molecule has 10 nitrogen and oxygen atoms in total. The molecule has 0 radical (unpaired) electrons. The minimum Gasteiger partial charge on any atom is -0.454 e. The zero-order chi connectivity index (χ0) is 27.5. The number of hydrogen-bond donors (Lipinski definition) is 5.